The minimum atomic E-state index is -0.890. The van der Waals surface area contributed by atoms with Gasteiger partial charge in [0, 0.05) is 0 Å². The summed E-state index contributed by atoms with van der Waals surface area (Å²) in [4.78, 5) is 25.0. The smallest absolute Gasteiger partial charge is 0.262 e. The van der Waals surface area contributed by atoms with Crippen LogP contribution in [0.15, 0.2) is 41.5 Å². The van der Waals surface area contributed by atoms with E-state index in [0.717, 1.165) is 3.57 Å². The summed E-state index contributed by atoms with van der Waals surface area (Å²) in [6.45, 7) is 8.32. The highest BCUT2D eigenvalue weighted by Gasteiger charge is 2.25. The SMILES string of the molecule is CCOc1cc(/C=N/NC(=O)C(NC(=O)c2ccccc2F)C(C)C)cc(I)c1OCC. The van der Waals surface area contributed by atoms with Crippen LogP contribution in [-0.4, -0.2) is 37.3 Å². The predicted octanol–water partition coefficient (Wildman–Crippen LogP) is 4.13. The number of carbonyl (C=O) groups excluding carboxylic acids is 2. The quantitative estimate of drug-likeness (QED) is 0.262. The number of nitrogens with zero attached hydrogens (tertiary/aromatic N) is 1. The van der Waals surface area contributed by atoms with Gasteiger partial charge in [-0.1, -0.05) is 26.0 Å². The fourth-order valence-corrected chi connectivity index (χ4v) is 3.63. The minimum absolute atomic E-state index is 0.123. The molecule has 0 saturated heterocycles. The van der Waals surface area contributed by atoms with Crippen LogP contribution in [0, 0.1) is 15.3 Å². The molecular weight excluding hydrogens is 528 g/mol. The predicted molar refractivity (Wildman–Crippen MR) is 130 cm³/mol. The van der Waals surface area contributed by atoms with E-state index in [0.29, 0.717) is 30.3 Å². The molecule has 0 radical (unpaired) electrons. The first-order valence-corrected chi connectivity index (χ1v) is 11.3. The van der Waals surface area contributed by atoms with Crippen molar-refractivity contribution in [1.29, 1.82) is 0 Å². The van der Waals surface area contributed by atoms with Crippen molar-refractivity contribution in [3.8, 4) is 11.5 Å². The Morgan fingerprint density at radius 3 is 2.47 bits per heavy atom. The summed E-state index contributed by atoms with van der Waals surface area (Å²) in [5.41, 5.74) is 3.03. The molecule has 0 spiro atoms. The van der Waals surface area contributed by atoms with E-state index in [1.54, 1.807) is 26.0 Å². The fraction of sp³-hybridized carbons (Fsp3) is 0.348. The van der Waals surface area contributed by atoms with Crippen molar-refractivity contribution in [2.75, 3.05) is 13.2 Å². The number of hydrazone groups is 1. The molecular formula is C23H27FIN3O4. The molecule has 0 aliphatic heterocycles. The van der Waals surface area contributed by atoms with Crippen LogP contribution in [0.4, 0.5) is 4.39 Å². The lowest BCUT2D eigenvalue weighted by atomic mass is 10.0. The van der Waals surface area contributed by atoms with Gasteiger partial charge in [-0.2, -0.15) is 5.10 Å². The first-order valence-electron chi connectivity index (χ1n) is 10.3. The van der Waals surface area contributed by atoms with Gasteiger partial charge in [0.1, 0.15) is 11.9 Å². The molecule has 2 amide bonds. The fourth-order valence-electron chi connectivity index (χ4n) is 2.85. The van der Waals surface area contributed by atoms with Gasteiger partial charge >= 0.3 is 0 Å². The zero-order valence-electron chi connectivity index (χ0n) is 18.4. The Kier molecular flexibility index (Phi) is 9.89. The van der Waals surface area contributed by atoms with Gasteiger partial charge < -0.3 is 14.8 Å². The van der Waals surface area contributed by atoms with E-state index in [4.69, 9.17) is 9.47 Å². The molecule has 32 heavy (non-hydrogen) atoms. The first kappa shape index (κ1) is 25.6. The summed E-state index contributed by atoms with van der Waals surface area (Å²) < 4.78 is 26.0. The Balaban J connectivity index is 2.11. The Morgan fingerprint density at radius 2 is 1.84 bits per heavy atom. The Hall–Kier alpha value is -2.69. The van der Waals surface area contributed by atoms with Gasteiger partial charge in [-0.15, -0.1) is 0 Å². The van der Waals surface area contributed by atoms with Crippen LogP contribution < -0.4 is 20.2 Å². The van der Waals surface area contributed by atoms with Gasteiger partial charge in [-0.05, 0) is 72.2 Å². The third kappa shape index (κ3) is 6.91. The molecule has 0 aromatic heterocycles. The van der Waals surface area contributed by atoms with Crippen LogP contribution in [-0.2, 0) is 4.79 Å². The Bertz CT molecular complexity index is 982. The number of benzene rings is 2. The number of carbonyl (C=O) groups is 2. The van der Waals surface area contributed by atoms with Gasteiger partial charge in [0.25, 0.3) is 11.8 Å². The zero-order chi connectivity index (χ0) is 23.7. The highest BCUT2D eigenvalue weighted by atomic mass is 127. The third-order valence-electron chi connectivity index (χ3n) is 4.36. The normalized spacial score (nSPS) is 12.0. The van der Waals surface area contributed by atoms with Crippen LogP contribution in [0.25, 0.3) is 0 Å². The molecule has 172 valence electrons. The molecule has 2 rings (SSSR count). The number of amides is 2. The number of hydrogen-bond acceptors (Lipinski definition) is 5. The lowest BCUT2D eigenvalue weighted by Crippen LogP contribution is -2.48. The molecule has 2 N–H and O–H groups in total. The van der Waals surface area contributed by atoms with E-state index in [1.807, 2.05) is 19.9 Å². The third-order valence-corrected chi connectivity index (χ3v) is 5.16. The second kappa shape index (κ2) is 12.4. The Morgan fingerprint density at radius 1 is 1.16 bits per heavy atom. The minimum Gasteiger partial charge on any atom is -0.490 e. The second-order valence-corrected chi connectivity index (χ2v) is 8.27. The average Bonchev–Trinajstić information content (AvgIpc) is 2.74. The summed E-state index contributed by atoms with van der Waals surface area (Å²) in [7, 11) is 0. The number of nitrogens with one attached hydrogen (secondary N) is 2. The van der Waals surface area contributed by atoms with Gasteiger partial charge in [0.2, 0.25) is 0 Å². The van der Waals surface area contributed by atoms with E-state index < -0.39 is 23.7 Å². The summed E-state index contributed by atoms with van der Waals surface area (Å²) in [5, 5.41) is 6.59. The molecule has 2 aromatic carbocycles. The maximum atomic E-state index is 13.9. The standard InChI is InChI=1S/C23H27FIN3O4/c1-5-31-19-12-15(11-18(25)21(19)32-6-2)13-26-28-23(30)20(14(3)4)27-22(29)16-9-7-8-10-17(16)24/h7-14,20H,5-6H2,1-4H3,(H,27,29)(H,28,30)/b26-13+. The van der Waals surface area contributed by atoms with Crippen LogP contribution in [0.1, 0.15) is 43.6 Å². The monoisotopic (exact) mass is 555 g/mol. The molecule has 2 aromatic rings. The van der Waals surface area contributed by atoms with Crippen molar-refractivity contribution in [1.82, 2.24) is 10.7 Å². The molecule has 0 heterocycles. The average molecular weight is 555 g/mol. The highest BCUT2D eigenvalue weighted by Crippen LogP contribution is 2.33. The summed E-state index contributed by atoms with van der Waals surface area (Å²) in [6.07, 6.45) is 1.48. The van der Waals surface area contributed by atoms with Gasteiger partial charge in [0.05, 0.1) is 28.6 Å². The molecule has 9 heteroatoms. The molecule has 7 nitrogen and oxygen atoms in total. The largest absolute Gasteiger partial charge is 0.490 e. The summed E-state index contributed by atoms with van der Waals surface area (Å²) >= 11 is 2.15. The molecule has 0 aliphatic rings. The number of ether oxygens (including phenoxy) is 2. The summed E-state index contributed by atoms with van der Waals surface area (Å²) in [6, 6.07) is 8.34. The van der Waals surface area contributed by atoms with E-state index >= 15 is 0 Å². The molecule has 0 aliphatic carbocycles. The molecule has 0 saturated carbocycles. The van der Waals surface area contributed by atoms with E-state index in [2.05, 4.69) is 38.4 Å². The van der Waals surface area contributed by atoms with Crippen molar-refractivity contribution in [2.45, 2.75) is 33.7 Å². The topological polar surface area (TPSA) is 89.0 Å². The first-order chi connectivity index (χ1) is 15.3. The van der Waals surface area contributed by atoms with Gasteiger partial charge in [0.15, 0.2) is 11.5 Å². The maximum Gasteiger partial charge on any atom is 0.262 e. The van der Waals surface area contributed by atoms with E-state index in [1.165, 1.54) is 24.4 Å². The van der Waals surface area contributed by atoms with Gasteiger partial charge in [-0.25, -0.2) is 9.82 Å². The molecule has 0 bridgehead atoms. The van der Waals surface area contributed by atoms with Crippen molar-refractivity contribution < 1.29 is 23.5 Å². The van der Waals surface area contributed by atoms with Crippen molar-refractivity contribution in [3.05, 3.63) is 56.9 Å². The molecule has 1 unspecified atom stereocenters. The Labute approximate surface area is 200 Å². The highest BCUT2D eigenvalue weighted by molar-refractivity contribution is 14.1. The van der Waals surface area contributed by atoms with Crippen molar-refractivity contribution >= 4 is 40.6 Å². The summed E-state index contributed by atoms with van der Waals surface area (Å²) in [5.74, 6) is -0.814. The van der Waals surface area contributed by atoms with Crippen molar-refractivity contribution in [2.24, 2.45) is 11.0 Å². The lowest BCUT2D eigenvalue weighted by Gasteiger charge is -2.20. The number of hydrogen-bond donors (Lipinski definition) is 2. The van der Waals surface area contributed by atoms with Crippen LogP contribution in [0.2, 0.25) is 0 Å². The number of rotatable bonds is 10. The van der Waals surface area contributed by atoms with Gasteiger partial charge in [-0.3, -0.25) is 9.59 Å². The molecule has 1 atom stereocenters. The molecule has 0 fully saturated rings. The second-order valence-electron chi connectivity index (χ2n) is 7.11. The van der Waals surface area contributed by atoms with Crippen LogP contribution in [0.5, 0.6) is 11.5 Å². The maximum absolute atomic E-state index is 13.9. The van der Waals surface area contributed by atoms with E-state index in [-0.39, 0.29) is 11.5 Å². The lowest BCUT2D eigenvalue weighted by molar-refractivity contribution is -0.123. The van der Waals surface area contributed by atoms with Crippen molar-refractivity contribution in [3.63, 3.8) is 0 Å². The van der Waals surface area contributed by atoms with E-state index in [9.17, 15) is 14.0 Å². The van der Waals surface area contributed by atoms with Crippen LogP contribution in [0.3, 0.4) is 0 Å². The number of halogens is 2. The zero-order valence-corrected chi connectivity index (χ0v) is 20.6. The van der Waals surface area contributed by atoms with Crippen LogP contribution >= 0.6 is 22.6 Å².